The molecule has 0 aliphatic heterocycles. The third kappa shape index (κ3) is 3.52. The number of hydrogen-bond acceptors (Lipinski definition) is 4. The van der Waals surface area contributed by atoms with Gasteiger partial charge in [0.05, 0.1) is 10.8 Å². The molecule has 0 heterocycles. The van der Waals surface area contributed by atoms with Crippen LogP contribution in [0.1, 0.15) is 38.7 Å². The SMILES string of the molecule is CC(C)N(C)S(=O)(=O)c1ccc(CNC(=O)C2C3CCC(C3)C2N)cc1. The average molecular weight is 380 g/mol. The summed E-state index contributed by atoms with van der Waals surface area (Å²) in [5.41, 5.74) is 7.10. The molecule has 1 aromatic carbocycles. The normalized spacial score (nSPS) is 28.1. The third-order valence-corrected chi connectivity index (χ3v) is 8.13. The van der Waals surface area contributed by atoms with Crippen molar-refractivity contribution in [3.8, 4) is 0 Å². The predicted molar refractivity (Wildman–Crippen MR) is 101 cm³/mol. The maximum atomic E-state index is 12.5. The van der Waals surface area contributed by atoms with E-state index in [9.17, 15) is 13.2 Å². The molecule has 2 aliphatic carbocycles. The molecular weight excluding hydrogens is 350 g/mol. The van der Waals surface area contributed by atoms with Crippen LogP contribution in [0.25, 0.3) is 0 Å². The lowest BCUT2D eigenvalue weighted by Crippen LogP contribution is -2.45. The van der Waals surface area contributed by atoms with E-state index < -0.39 is 10.0 Å². The number of amides is 1. The van der Waals surface area contributed by atoms with Gasteiger partial charge in [-0.3, -0.25) is 4.79 Å². The Morgan fingerprint density at radius 3 is 2.38 bits per heavy atom. The molecular formula is C19H29N3O3S. The van der Waals surface area contributed by atoms with E-state index in [-0.39, 0.29) is 28.8 Å². The molecule has 2 bridgehead atoms. The summed E-state index contributed by atoms with van der Waals surface area (Å²) >= 11 is 0. The smallest absolute Gasteiger partial charge is 0.243 e. The van der Waals surface area contributed by atoms with Crippen molar-refractivity contribution in [2.75, 3.05) is 7.05 Å². The van der Waals surface area contributed by atoms with Gasteiger partial charge in [0, 0.05) is 25.7 Å². The first-order valence-corrected chi connectivity index (χ1v) is 10.8. The summed E-state index contributed by atoms with van der Waals surface area (Å²) < 4.78 is 26.3. The Balaban J connectivity index is 1.61. The lowest BCUT2D eigenvalue weighted by atomic mass is 9.84. The Kier molecular flexibility index (Phi) is 5.42. The standard InChI is InChI=1S/C19H29N3O3S/c1-12(2)22(3)26(24,25)16-8-4-13(5-9-16)11-21-19(23)17-14-6-7-15(10-14)18(17)20/h4-5,8-9,12,14-15,17-18H,6-7,10-11,20H2,1-3H3,(H,21,23). The fourth-order valence-corrected chi connectivity index (χ4v) is 5.62. The topological polar surface area (TPSA) is 92.5 Å². The van der Waals surface area contributed by atoms with Crippen LogP contribution in [0.5, 0.6) is 0 Å². The van der Waals surface area contributed by atoms with E-state index in [1.165, 1.54) is 4.31 Å². The second-order valence-corrected chi connectivity index (χ2v) is 9.91. The predicted octanol–water partition coefficient (Wildman–Crippen LogP) is 1.71. The molecule has 3 rings (SSSR count). The first-order valence-electron chi connectivity index (χ1n) is 9.32. The number of sulfonamides is 1. The number of benzene rings is 1. The molecule has 7 heteroatoms. The number of carbonyl (C=O) groups is 1. The summed E-state index contributed by atoms with van der Waals surface area (Å²) in [7, 11) is -1.91. The van der Waals surface area contributed by atoms with Crippen LogP contribution in [-0.2, 0) is 21.4 Å². The first-order chi connectivity index (χ1) is 12.2. The van der Waals surface area contributed by atoms with Crippen LogP contribution in [0.4, 0.5) is 0 Å². The summed E-state index contributed by atoms with van der Waals surface area (Å²) in [5.74, 6) is 0.876. The molecule has 2 saturated carbocycles. The fraction of sp³-hybridized carbons (Fsp3) is 0.632. The van der Waals surface area contributed by atoms with E-state index in [1.54, 1.807) is 31.3 Å². The van der Waals surface area contributed by atoms with Gasteiger partial charge in [0.15, 0.2) is 0 Å². The van der Waals surface area contributed by atoms with Crippen molar-refractivity contribution in [1.82, 2.24) is 9.62 Å². The van der Waals surface area contributed by atoms with Gasteiger partial charge in [0.1, 0.15) is 0 Å². The molecule has 0 spiro atoms. The highest BCUT2D eigenvalue weighted by molar-refractivity contribution is 7.89. The Morgan fingerprint density at radius 1 is 1.23 bits per heavy atom. The largest absolute Gasteiger partial charge is 0.352 e. The maximum Gasteiger partial charge on any atom is 0.243 e. The molecule has 1 aromatic rings. The van der Waals surface area contributed by atoms with Crippen LogP contribution in [-0.4, -0.2) is 37.8 Å². The monoisotopic (exact) mass is 379 g/mol. The van der Waals surface area contributed by atoms with Crippen molar-refractivity contribution in [2.45, 2.75) is 56.6 Å². The van der Waals surface area contributed by atoms with Gasteiger partial charge in [-0.05, 0) is 62.6 Å². The molecule has 3 N–H and O–H groups in total. The number of nitrogens with two attached hydrogens (primary N) is 1. The molecule has 1 amide bonds. The van der Waals surface area contributed by atoms with Crippen molar-refractivity contribution < 1.29 is 13.2 Å². The van der Waals surface area contributed by atoms with Crippen molar-refractivity contribution >= 4 is 15.9 Å². The van der Waals surface area contributed by atoms with E-state index in [0.717, 1.165) is 24.8 Å². The third-order valence-electron chi connectivity index (χ3n) is 6.08. The first kappa shape index (κ1) is 19.3. The van der Waals surface area contributed by atoms with Gasteiger partial charge in [-0.1, -0.05) is 12.1 Å². The summed E-state index contributed by atoms with van der Waals surface area (Å²) in [4.78, 5) is 12.8. The Bertz CT molecular complexity index is 759. The number of hydrogen-bond donors (Lipinski definition) is 2. The molecule has 0 saturated heterocycles. The molecule has 4 atom stereocenters. The van der Waals surface area contributed by atoms with Gasteiger partial charge < -0.3 is 11.1 Å². The number of nitrogens with zero attached hydrogens (tertiary/aromatic N) is 1. The number of carbonyl (C=O) groups excluding carboxylic acids is 1. The van der Waals surface area contributed by atoms with Crippen LogP contribution in [0.15, 0.2) is 29.2 Å². The second-order valence-electron chi connectivity index (χ2n) is 7.91. The highest BCUT2D eigenvalue weighted by Crippen LogP contribution is 2.47. The summed E-state index contributed by atoms with van der Waals surface area (Å²) in [6.07, 6.45) is 3.33. The second kappa shape index (κ2) is 7.29. The minimum Gasteiger partial charge on any atom is -0.352 e. The molecule has 26 heavy (non-hydrogen) atoms. The van der Waals surface area contributed by atoms with Crippen LogP contribution < -0.4 is 11.1 Å². The van der Waals surface area contributed by atoms with E-state index in [0.29, 0.717) is 18.4 Å². The van der Waals surface area contributed by atoms with Gasteiger partial charge in [-0.2, -0.15) is 4.31 Å². The average Bonchev–Trinajstić information content (AvgIpc) is 3.20. The molecule has 0 radical (unpaired) electrons. The van der Waals surface area contributed by atoms with E-state index in [2.05, 4.69) is 5.32 Å². The maximum absolute atomic E-state index is 12.5. The van der Waals surface area contributed by atoms with Crippen molar-refractivity contribution in [2.24, 2.45) is 23.5 Å². The zero-order valence-electron chi connectivity index (χ0n) is 15.7. The molecule has 6 nitrogen and oxygen atoms in total. The highest BCUT2D eigenvalue weighted by atomic mass is 32.2. The summed E-state index contributed by atoms with van der Waals surface area (Å²) in [6, 6.07) is 6.57. The van der Waals surface area contributed by atoms with Crippen LogP contribution in [0, 0.1) is 17.8 Å². The van der Waals surface area contributed by atoms with Crippen molar-refractivity contribution in [3.05, 3.63) is 29.8 Å². The highest BCUT2D eigenvalue weighted by Gasteiger charge is 2.48. The zero-order valence-corrected chi connectivity index (χ0v) is 16.5. The minimum atomic E-state index is -3.48. The van der Waals surface area contributed by atoms with Gasteiger partial charge in [-0.25, -0.2) is 8.42 Å². The Hall–Kier alpha value is -1.44. The Labute approximate surface area is 156 Å². The summed E-state index contributed by atoms with van der Waals surface area (Å²) in [6.45, 7) is 4.06. The van der Waals surface area contributed by atoms with Crippen LogP contribution in [0.3, 0.4) is 0 Å². The van der Waals surface area contributed by atoms with Crippen LogP contribution >= 0.6 is 0 Å². The number of nitrogens with one attached hydrogen (secondary N) is 1. The minimum absolute atomic E-state index is 0.0205. The molecule has 0 aromatic heterocycles. The quantitative estimate of drug-likeness (QED) is 0.787. The Morgan fingerprint density at radius 2 is 1.85 bits per heavy atom. The molecule has 2 fully saturated rings. The van der Waals surface area contributed by atoms with Gasteiger partial charge in [0.2, 0.25) is 15.9 Å². The van der Waals surface area contributed by atoms with Gasteiger partial charge in [0.25, 0.3) is 0 Å². The fourth-order valence-electron chi connectivity index (χ4n) is 4.25. The van der Waals surface area contributed by atoms with E-state index >= 15 is 0 Å². The van der Waals surface area contributed by atoms with Crippen molar-refractivity contribution in [1.29, 1.82) is 0 Å². The number of rotatable bonds is 6. The lowest BCUT2D eigenvalue weighted by Gasteiger charge is -2.27. The molecule has 4 unspecified atom stereocenters. The van der Waals surface area contributed by atoms with E-state index in [4.69, 9.17) is 5.73 Å². The lowest BCUT2D eigenvalue weighted by molar-refractivity contribution is -0.127. The van der Waals surface area contributed by atoms with Gasteiger partial charge >= 0.3 is 0 Å². The van der Waals surface area contributed by atoms with Crippen molar-refractivity contribution in [3.63, 3.8) is 0 Å². The van der Waals surface area contributed by atoms with E-state index in [1.807, 2.05) is 13.8 Å². The van der Waals surface area contributed by atoms with Gasteiger partial charge in [-0.15, -0.1) is 0 Å². The number of fused-ring (bicyclic) bond motifs is 2. The summed E-state index contributed by atoms with van der Waals surface area (Å²) in [5, 5.41) is 2.98. The molecule has 144 valence electrons. The van der Waals surface area contributed by atoms with Crippen LogP contribution in [0.2, 0.25) is 0 Å². The molecule has 2 aliphatic rings. The zero-order chi connectivity index (χ0) is 19.1.